The first-order chi connectivity index (χ1) is 8.49. The van der Waals surface area contributed by atoms with Gasteiger partial charge in [-0.1, -0.05) is 11.6 Å². The maximum atomic E-state index is 12.4. The minimum atomic E-state index is 0.0457. The molecule has 18 heavy (non-hydrogen) atoms. The quantitative estimate of drug-likeness (QED) is 0.790. The third-order valence-electron chi connectivity index (χ3n) is 3.41. The second-order valence-corrected chi connectivity index (χ2v) is 6.00. The van der Waals surface area contributed by atoms with Gasteiger partial charge in [-0.05, 0) is 48.1 Å². The van der Waals surface area contributed by atoms with Gasteiger partial charge in [-0.25, -0.2) is 0 Å². The fourth-order valence-electron chi connectivity index (χ4n) is 2.06. The summed E-state index contributed by atoms with van der Waals surface area (Å²) in [6, 6.07) is 5.70. The van der Waals surface area contributed by atoms with E-state index in [9.17, 15) is 4.79 Å². The number of halogens is 2. The number of carbonyl (C=O) groups excluding carboxylic acids is 1. The Bertz CT molecular complexity index is 466. The van der Waals surface area contributed by atoms with Crippen LogP contribution in [0.5, 0.6) is 0 Å². The molecule has 1 atom stereocenters. The normalized spacial score (nSPS) is 21.1. The van der Waals surface area contributed by atoms with Crippen LogP contribution in [0, 0.1) is 0 Å². The summed E-state index contributed by atoms with van der Waals surface area (Å²) in [6.07, 6.45) is 0. The highest BCUT2D eigenvalue weighted by molar-refractivity contribution is 9.10. The second-order valence-electron chi connectivity index (χ2n) is 4.70. The smallest absolute Gasteiger partial charge is 0.255 e. The predicted molar refractivity (Wildman–Crippen MR) is 77.1 cm³/mol. The molecule has 0 spiro atoms. The zero-order valence-corrected chi connectivity index (χ0v) is 12.8. The van der Waals surface area contributed by atoms with E-state index >= 15 is 0 Å². The molecular weight excluding hydrogens is 316 g/mol. The molecule has 0 aromatic heterocycles. The van der Waals surface area contributed by atoms with Crippen LogP contribution >= 0.6 is 27.5 Å². The molecule has 1 saturated heterocycles. The molecule has 1 aromatic carbocycles. The summed E-state index contributed by atoms with van der Waals surface area (Å²) in [4.78, 5) is 16.6. The number of piperazine rings is 1. The first-order valence-corrected chi connectivity index (χ1v) is 7.10. The zero-order chi connectivity index (χ0) is 13.3. The molecule has 1 aliphatic heterocycles. The van der Waals surface area contributed by atoms with Gasteiger partial charge in [0.1, 0.15) is 0 Å². The molecule has 1 fully saturated rings. The van der Waals surface area contributed by atoms with E-state index in [-0.39, 0.29) is 5.91 Å². The molecule has 1 unspecified atom stereocenters. The van der Waals surface area contributed by atoms with Gasteiger partial charge in [0, 0.05) is 35.2 Å². The standard InChI is InChI=1S/C13H16BrClN2O/c1-9-8-17(6-5-16(9)2)13(18)11-7-10(15)3-4-12(11)14/h3-4,7,9H,5-6,8H2,1-2H3. The molecule has 98 valence electrons. The number of carbonyl (C=O) groups is 1. The highest BCUT2D eigenvalue weighted by atomic mass is 79.9. The van der Waals surface area contributed by atoms with Crippen LogP contribution in [0.1, 0.15) is 17.3 Å². The van der Waals surface area contributed by atoms with Crippen LogP contribution < -0.4 is 0 Å². The summed E-state index contributed by atoms with van der Waals surface area (Å²) in [7, 11) is 2.09. The lowest BCUT2D eigenvalue weighted by atomic mass is 10.1. The maximum Gasteiger partial charge on any atom is 0.255 e. The Hall–Kier alpha value is -0.580. The Balaban J connectivity index is 2.19. The summed E-state index contributed by atoms with van der Waals surface area (Å²) in [5.74, 6) is 0.0457. The Morgan fingerprint density at radius 3 is 2.83 bits per heavy atom. The number of rotatable bonds is 1. The van der Waals surface area contributed by atoms with Crippen LogP contribution in [0.15, 0.2) is 22.7 Å². The number of hydrogen-bond acceptors (Lipinski definition) is 2. The molecule has 1 aliphatic rings. The topological polar surface area (TPSA) is 23.6 Å². The number of hydrogen-bond donors (Lipinski definition) is 0. The highest BCUT2D eigenvalue weighted by Gasteiger charge is 2.26. The molecule has 0 radical (unpaired) electrons. The number of likely N-dealkylation sites (N-methyl/N-ethyl adjacent to an activating group) is 1. The molecular formula is C13H16BrClN2O. The van der Waals surface area contributed by atoms with Gasteiger partial charge in [0.2, 0.25) is 0 Å². The maximum absolute atomic E-state index is 12.4. The molecule has 1 aromatic rings. The Labute approximate surface area is 121 Å². The molecule has 2 rings (SSSR count). The van der Waals surface area contributed by atoms with Crippen molar-refractivity contribution in [1.82, 2.24) is 9.80 Å². The van der Waals surface area contributed by atoms with E-state index in [1.165, 1.54) is 0 Å². The third kappa shape index (κ3) is 2.87. The average molecular weight is 332 g/mol. The third-order valence-corrected chi connectivity index (χ3v) is 4.33. The van der Waals surface area contributed by atoms with Crippen molar-refractivity contribution >= 4 is 33.4 Å². The molecule has 1 heterocycles. The van der Waals surface area contributed by atoms with Gasteiger partial charge < -0.3 is 9.80 Å². The van der Waals surface area contributed by atoms with Crippen molar-refractivity contribution in [3.8, 4) is 0 Å². The zero-order valence-electron chi connectivity index (χ0n) is 10.5. The lowest BCUT2D eigenvalue weighted by Gasteiger charge is -2.37. The van der Waals surface area contributed by atoms with Crippen molar-refractivity contribution in [1.29, 1.82) is 0 Å². The van der Waals surface area contributed by atoms with Crippen LogP contribution in [-0.4, -0.2) is 48.4 Å². The molecule has 0 aliphatic carbocycles. The van der Waals surface area contributed by atoms with E-state index < -0.39 is 0 Å². The second kappa shape index (κ2) is 5.59. The predicted octanol–water partition coefficient (Wildman–Crippen LogP) is 2.88. The van der Waals surface area contributed by atoms with E-state index in [1.54, 1.807) is 12.1 Å². The van der Waals surface area contributed by atoms with E-state index in [0.717, 1.165) is 24.1 Å². The van der Waals surface area contributed by atoms with Gasteiger partial charge in [-0.3, -0.25) is 4.79 Å². The Kier molecular flexibility index (Phi) is 4.30. The number of benzene rings is 1. The summed E-state index contributed by atoms with van der Waals surface area (Å²) < 4.78 is 0.795. The SMILES string of the molecule is CC1CN(C(=O)c2cc(Cl)ccc2Br)CCN1C. The van der Waals surface area contributed by atoms with Gasteiger partial charge >= 0.3 is 0 Å². The van der Waals surface area contributed by atoms with Crippen molar-refractivity contribution in [3.05, 3.63) is 33.3 Å². The van der Waals surface area contributed by atoms with Gasteiger partial charge in [0.15, 0.2) is 0 Å². The van der Waals surface area contributed by atoms with Crippen molar-refractivity contribution in [2.75, 3.05) is 26.7 Å². The van der Waals surface area contributed by atoms with E-state index in [2.05, 4.69) is 34.8 Å². The van der Waals surface area contributed by atoms with Crippen molar-refractivity contribution in [2.24, 2.45) is 0 Å². The monoisotopic (exact) mass is 330 g/mol. The molecule has 5 heteroatoms. The summed E-state index contributed by atoms with van der Waals surface area (Å²) in [5, 5.41) is 0.587. The van der Waals surface area contributed by atoms with Gasteiger partial charge in [-0.2, -0.15) is 0 Å². The van der Waals surface area contributed by atoms with Crippen LogP contribution in [0.4, 0.5) is 0 Å². The Morgan fingerprint density at radius 1 is 1.44 bits per heavy atom. The van der Waals surface area contributed by atoms with E-state index in [4.69, 9.17) is 11.6 Å². The van der Waals surface area contributed by atoms with Crippen molar-refractivity contribution < 1.29 is 4.79 Å². The lowest BCUT2D eigenvalue weighted by molar-refractivity contribution is 0.0571. The fraction of sp³-hybridized carbons (Fsp3) is 0.462. The first kappa shape index (κ1) is 13.8. The average Bonchev–Trinajstić information content (AvgIpc) is 2.35. The van der Waals surface area contributed by atoms with E-state index in [0.29, 0.717) is 16.6 Å². The lowest BCUT2D eigenvalue weighted by Crippen LogP contribution is -2.52. The number of nitrogens with zero attached hydrogens (tertiary/aromatic N) is 2. The largest absolute Gasteiger partial charge is 0.336 e. The van der Waals surface area contributed by atoms with Crippen LogP contribution in [-0.2, 0) is 0 Å². The first-order valence-electron chi connectivity index (χ1n) is 5.93. The van der Waals surface area contributed by atoms with Crippen LogP contribution in [0.25, 0.3) is 0 Å². The molecule has 0 bridgehead atoms. The van der Waals surface area contributed by atoms with Crippen molar-refractivity contribution in [2.45, 2.75) is 13.0 Å². The summed E-state index contributed by atoms with van der Waals surface area (Å²) in [5.41, 5.74) is 0.638. The van der Waals surface area contributed by atoms with Gasteiger partial charge in [0.05, 0.1) is 5.56 Å². The molecule has 0 saturated carbocycles. The van der Waals surface area contributed by atoms with Crippen LogP contribution in [0.2, 0.25) is 5.02 Å². The summed E-state index contributed by atoms with van der Waals surface area (Å²) >= 11 is 9.36. The molecule has 3 nitrogen and oxygen atoms in total. The minimum Gasteiger partial charge on any atom is -0.336 e. The van der Waals surface area contributed by atoms with Crippen molar-refractivity contribution in [3.63, 3.8) is 0 Å². The van der Waals surface area contributed by atoms with Gasteiger partial charge in [-0.15, -0.1) is 0 Å². The van der Waals surface area contributed by atoms with Gasteiger partial charge in [0.25, 0.3) is 5.91 Å². The minimum absolute atomic E-state index is 0.0457. The number of amides is 1. The fourth-order valence-corrected chi connectivity index (χ4v) is 2.65. The highest BCUT2D eigenvalue weighted by Crippen LogP contribution is 2.23. The van der Waals surface area contributed by atoms with Crippen LogP contribution in [0.3, 0.4) is 0 Å². The summed E-state index contributed by atoms with van der Waals surface area (Å²) in [6.45, 7) is 4.56. The van der Waals surface area contributed by atoms with E-state index in [1.807, 2.05) is 11.0 Å². The molecule has 0 N–H and O–H groups in total. The Morgan fingerprint density at radius 2 is 2.17 bits per heavy atom. The molecule has 1 amide bonds.